The van der Waals surface area contributed by atoms with Crippen molar-refractivity contribution in [3.63, 3.8) is 0 Å². The number of ether oxygens (including phenoxy) is 1. The number of carbonyl (C=O) groups excluding carboxylic acids is 4. The van der Waals surface area contributed by atoms with Crippen LogP contribution in [0.4, 0.5) is 0 Å². The van der Waals surface area contributed by atoms with E-state index in [1.807, 2.05) is 13.0 Å². The lowest BCUT2D eigenvalue weighted by molar-refractivity contribution is -0.181. The molecule has 5 aliphatic rings. The lowest BCUT2D eigenvalue weighted by Gasteiger charge is -2.59. The lowest BCUT2D eigenvalue weighted by atomic mass is 9.46. The van der Waals surface area contributed by atoms with Gasteiger partial charge >= 0.3 is 11.9 Å². The summed E-state index contributed by atoms with van der Waals surface area (Å²) in [5.74, 6) is -3.02. The van der Waals surface area contributed by atoms with Crippen LogP contribution in [0.2, 0.25) is 0 Å². The molecule has 10 heteroatoms. The molecule has 0 aromatic heterocycles. The number of carbonyl (C=O) groups is 5. The largest absolute Gasteiger partial charge is 0.480 e. The van der Waals surface area contributed by atoms with E-state index < -0.39 is 58.8 Å². The van der Waals surface area contributed by atoms with Gasteiger partial charge in [0.15, 0.2) is 12.4 Å². The minimum atomic E-state index is -1.76. The van der Waals surface area contributed by atoms with Gasteiger partial charge in [0.2, 0.25) is 11.7 Å². The van der Waals surface area contributed by atoms with Crippen LogP contribution in [0.5, 0.6) is 0 Å². The van der Waals surface area contributed by atoms with Crippen molar-refractivity contribution in [1.82, 2.24) is 4.90 Å². The zero-order valence-electron chi connectivity index (χ0n) is 23.1. The molecule has 218 valence electrons. The fourth-order valence-corrected chi connectivity index (χ4v) is 8.80. The first-order valence-electron chi connectivity index (χ1n) is 14.4. The van der Waals surface area contributed by atoms with E-state index in [0.29, 0.717) is 25.8 Å². The Labute approximate surface area is 233 Å². The molecule has 0 bridgehead atoms. The van der Waals surface area contributed by atoms with E-state index >= 15 is 0 Å². The van der Waals surface area contributed by atoms with Crippen molar-refractivity contribution in [3.8, 4) is 0 Å². The van der Waals surface area contributed by atoms with Crippen LogP contribution in [0.25, 0.3) is 0 Å². The number of Topliss-reactive ketones (excluding diaryl/α,β-unsaturated/α-hetero) is 1. The Balaban J connectivity index is 1.22. The highest BCUT2D eigenvalue weighted by molar-refractivity contribution is 6.01. The molecule has 0 aromatic rings. The van der Waals surface area contributed by atoms with Crippen LogP contribution < -0.4 is 0 Å². The van der Waals surface area contributed by atoms with Gasteiger partial charge in [0.1, 0.15) is 11.6 Å². The summed E-state index contributed by atoms with van der Waals surface area (Å²) in [5, 5.41) is 32.5. The summed E-state index contributed by atoms with van der Waals surface area (Å²) in [4.78, 5) is 62.8. The number of rotatable bonds is 7. The van der Waals surface area contributed by atoms with Gasteiger partial charge in [-0.3, -0.25) is 19.2 Å². The second kappa shape index (κ2) is 10.2. The maximum Gasteiger partial charge on any atom is 0.326 e. The van der Waals surface area contributed by atoms with Crippen molar-refractivity contribution in [2.45, 2.75) is 89.4 Å². The highest BCUT2D eigenvalue weighted by Crippen LogP contribution is 2.67. The molecule has 4 fully saturated rings. The third-order valence-corrected chi connectivity index (χ3v) is 10.9. The number of hydrogen-bond donors (Lipinski definition) is 3. The second-order valence-corrected chi connectivity index (χ2v) is 12.8. The molecule has 1 amide bonds. The molecule has 1 heterocycles. The predicted molar refractivity (Wildman–Crippen MR) is 141 cm³/mol. The number of esters is 1. The van der Waals surface area contributed by atoms with Crippen LogP contribution in [-0.2, 0) is 28.7 Å². The Kier molecular flexibility index (Phi) is 7.32. The zero-order valence-corrected chi connectivity index (χ0v) is 23.1. The first kappa shape index (κ1) is 28.7. The van der Waals surface area contributed by atoms with Crippen molar-refractivity contribution in [2.75, 3.05) is 13.2 Å². The first-order valence-corrected chi connectivity index (χ1v) is 14.4. The van der Waals surface area contributed by atoms with E-state index in [1.165, 1.54) is 4.90 Å². The van der Waals surface area contributed by atoms with Crippen LogP contribution in [-0.4, -0.2) is 80.5 Å². The molecule has 0 spiro atoms. The smallest absolute Gasteiger partial charge is 0.326 e. The highest BCUT2D eigenvalue weighted by Gasteiger charge is 2.68. The van der Waals surface area contributed by atoms with Gasteiger partial charge in [0, 0.05) is 29.7 Å². The number of nitrogens with zero attached hydrogens (tertiary/aromatic N) is 1. The average molecular weight is 558 g/mol. The highest BCUT2D eigenvalue weighted by atomic mass is 16.5. The van der Waals surface area contributed by atoms with Crippen molar-refractivity contribution in [2.24, 2.45) is 28.6 Å². The van der Waals surface area contributed by atoms with Crippen molar-refractivity contribution >= 4 is 29.4 Å². The van der Waals surface area contributed by atoms with Crippen molar-refractivity contribution in [3.05, 3.63) is 23.8 Å². The lowest BCUT2D eigenvalue weighted by Crippen LogP contribution is -2.61. The fraction of sp³-hybridized carbons (Fsp3) is 0.700. The van der Waals surface area contributed by atoms with Crippen LogP contribution in [0, 0.1) is 28.6 Å². The monoisotopic (exact) mass is 557 g/mol. The summed E-state index contributed by atoms with van der Waals surface area (Å²) in [7, 11) is 0. The Bertz CT molecular complexity index is 1190. The van der Waals surface area contributed by atoms with Crippen LogP contribution >= 0.6 is 0 Å². The second-order valence-electron chi connectivity index (χ2n) is 12.8. The number of carboxylic acid groups (broad SMARTS) is 1. The minimum Gasteiger partial charge on any atom is -0.480 e. The molecule has 0 unspecified atom stereocenters. The third kappa shape index (κ3) is 4.43. The summed E-state index contributed by atoms with van der Waals surface area (Å²) < 4.78 is 5.18. The number of aliphatic hydroxyl groups excluding tert-OH is 1. The predicted octanol–water partition coefficient (Wildman–Crippen LogP) is 1.96. The van der Waals surface area contributed by atoms with E-state index in [0.717, 1.165) is 18.4 Å². The number of amides is 1. The van der Waals surface area contributed by atoms with Crippen LogP contribution in [0.1, 0.15) is 71.6 Å². The number of aliphatic hydroxyl groups is 2. The molecule has 1 saturated heterocycles. The maximum atomic E-state index is 13.4. The minimum absolute atomic E-state index is 0.0183. The molecule has 8 atom stereocenters. The third-order valence-electron chi connectivity index (χ3n) is 10.9. The summed E-state index contributed by atoms with van der Waals surface area (Å²) in [6.45, 7) is 3.61. The Morgan fingerprint density at radius 2 is 1.88 bits per heavy atom. The number of hydrogen-bond acceptors (Lipinski definition) is 8. The molecule has 3 saturated carbocycles. The van der Waals surface area contributed by atoms with E-state index in [2.05, 4.69) is 6.92 Å². The molecule has 40 heavy (non-hydrogen) atoms. The molecular formula is C30H39NO9. The van der Waals surface area contributed by atoms with Gasteiger partial charge in [-0.15, -0.1) is 0 Å². The maximum absolute atomic E-state index is 13.4. The SMILES string of the molecule is C[C@]12C=CC(=O)C=C1CC[C@@H]1[C@@H]2[C@H](O)C[C@]2(C)[C@@H]1CC[C@]2(O)C(=O)COC(=O)CCC(=O)N1CCC[C@H]1C(=O)O. The summed E-state index contributed by atoms with van der Waals surface area (Å²) >= 11 is 0. The summed E-state index contributed by atoms with van der Waals surface area (Å²) in [6, 6.07) is -0.883. The normalized spacial score (nSPS) is 40.1. The Morgan fingerprint density at radius 1 is 1.12 bits per heavy atom. The van der Waals surface area contributed by atoms with Crippen molar-refractivity contribution in [1.29, 1.82) is 0 Å². The number of ketones is 2. The van der Waals surface area contributed by atoms with Crippen LogP contribution in [0.3, 0.4) is 0 Å². The number of likely N-dealkylation sites (tertiary alicyclic amines) is 1. The molecule has 4 aliphatic carbocycles. The van der Waals surface area contributed by atoms with Gasteiger partial charge in [-0.1, -0.05) is 25.5 Å². The Hall–Kier alpha value is -2.85. The topological polar surface area (TPSA) is 159 Å². The summed E-state index contributed by atoms with van der Waals surface area (Å²) in [6.07, 6.45) is 7.34. The molecular weight excluding hydrogens is 518 g/mol. The average Bonchev–Trinajstić information content (AvgIpc) is 3.50. The molecule has 10 nitrogen and oxygen atoms in total. The molecule has 5 rings (SSSR count). The van der Waals surface area contributed by atoms with Gasteiger partial charge in [-0.25, -0.2) is 4.79 Å². The number of carboxylic acids is 1. The molecule has 3 N–H and O–H groups in total. The standard InChI is InChI=1S/C30H39NO9/c1-28-11-9-18(32)14-17(28)5-6-19-20-10-12-30(39,29(20,2)15-22(33)26(19)28)23(34)16-40-25(36)8-7-24(35)31-13-3-4-21(31)27(37)38/h9,11,14,19-22,26,33,39H,3-8,10,12-13,15-16H2,1-2H3,(H,37,38)/t19-,20+,21-,22+,26+,28-,29+,30-/m0/s1. The first-order chi connectivity index (χ1) is 18.8. The molecule has 1 aliphatic heterocycles. The number of fused-ring (bicyclic) bond motifs is 5. The van der Waals surface area contributed by atoms with Crippen molar-refractivity contribution < 1.29 is 44.0 Å². The summed E-state index contributed by atoms with van der Waals surface area (Å²) in [5.41, 5.74) is -2.09. The van der Waals surface area contributed by atoms with Gasteiger partial charge in [0.05, 0.1) is 12.5 Å². The van der Waals surface area contributed by atoms with Gasteiger partial charge < -0.3 is 25.0 Å². The fourth-order valence-electron chi connectivity index (χ4n) is 8.80. The molecule has 0 radical (unpaired) electrons. The zero-order chi connectivity index (χ0) is 29.0. The Morgan fingerprint density at radius 3 is 2.60 bits per heavy atom. The van der Waals surface area contributed by atoms with E-state index in [4.69, 9.17) is 4.74 Å². The van der Waals surface area contributed by atoms with Gasteiger partial charge in [-0.2, -0.15) is 0 Å². The van der Waals surface area contributed by atoms with E-state index in [1.54, 1.807) is 12.2 Å². The van der Waals surface area contributed by atoms with Crippen LogP contribution in [0.15, 0.2) is 23.8 Å². The van der Waals surface area contributed by atoms with E-state index in [-0.39, 0.29) is 49.2 Å². The molecule has 0 aromatic carbocycles. The van der Waals surface area contributed by atoms with E-state index in [9.17, 15) is 39.3 Å². The van der Waals surface area contributed by atoms with Gasteiger partial charge in [0.25, 0.3) is 0 Å². The quantitative estimate of drug-likeness (QED) is 0.398. The van der Waals surface area contributed by atoms with Gasteiger partial charge in [-0.05, 0) is 68.9 Å². The number of allylic oxidation sites excluding steroid dienone is 4. The number of aliphatic carboxylic acids is 1.